The van der Waals surface area contributed by atoms with E-state index >= 15 is 0 Å². The molecule has 8 aromatic carbocycles. The molecular formula is C60H58F6O2P2. The lowest BCUT2D eigenvalue weighted by molar-refractivity contribution is -0.138. The lowest BCUT2D eigenvalue weighted by Gasteiger charge is -2.24. The van der Waals surface area contributed by atoms with Crippen LogP contribution in [-0.4, -0.2) is 10.2 Å². The molecule has 8 aromatic rings. The van der Waals surface area contributed by atoms with Crippen molar-refractivity contribution in [1.29, 1.82) is 0 Å². The smallest absolute Gasteiger partial charge is 0.416 e. The third-order valence-corrected chi connectivity index (χ3v) is 17.6. The standard InChI is InChI=1S/2C24H24F3OP.C12H10/c2*1-14-10-21(11-15(2)17(14)4)29(20-8-6-19(28)7-9-20)22-12-16(3)18(5)23(13-22)24(25,26)27;1-3-7-11(8-4-1)12-9-5-2-6-10-12/h2*6-13,28H,1-5H3;1-10H. The Morgan fingerprint density at radius 2 is 0.543 bits per heavy atom. The van der Waals surface area contributed by atoms with Gasteiger partial charge in [0, 0.05) is 0 Å². The summed E-state index contributed by atoms with van der Waals surface area (Å²) >= 11 is 0. The van der Waals surface area contributed by atoms with Crippen molar-refractivity contribution in [1.82, 2.24) is 0 Å². The van der Waals surface area contributed by atoms with Gasteiger partial charge in [-0.05, 0) is 220 Å². The first kappa shape index (κ1) is 53.2. The van der Waals surface area contributed by atoms with Gasteiger partial charge < -0.3 is 10.2 Å². The fraction of sp³-hybridized carbons (Fsp3) is 0.200. The summed E-state index contributed by atoms with van der Waals surface area (Å²) < 4.78 is 82.1. The van der Waals surface area contributed by atoms with Crippen molar-refractivity contribution in [2.24, 2.45) is 0 Å². The van der Waals surface area contributed by atoms with Crippen LogP contribution < -0.4 is 31.8 Å². The second kappa shape index (κ2) is 22.3. The zero-order valence-corrected chi connectivity index (χ0v) is 42.9. The highest BCUT2D eigenvalue weighted by atomic mass is 31.1. The number of rotatable bonds is 7. The summed E-state index contributed by atoms with van der Waals surface area (Å²) in [7, 11) is -2.41. The predicted octanol–water partition coefficient (Wildman–Crippen LogP) is 14.8. The van der Waals surface area contributed by atoms with Gasteiger partial charge in [-0.2, -0.15) is 26.3 Å². The van der Waals surface area contributed by atoms with Crippen LogP contribution in [0.25, 0.3) is 11.1 Å². The molecule has 8 rings (SSSR count). The van der Waals surface area contributed by atoms with Gasteiger partial charge in [-0.15, -0.1) is 0 Å². The topological polar surface area (TPSA) is 40.5 Å². The lowest BCUT2D eigenvalue weighted by atomic mass is 10.0. The average molecular weight is 987 g/mol. The van der Waals surface area contributed by atoms with E-state index in [1.54, 1.807) is 62.4 Å². The van der Waals surface area contributed by atoms with Crippen LogP contribution >= 0.6 is 15.8 Å². The third kappa shape index (κ3) is 12.8. The van der Waals surface area contributed by atoms with E-state index in [1.165, 1.54) is 48.2 Å². The van der Waals surface area contributed by atoms with Gasteiger partial charge >= 0.3 is 12.4 Å². The number of aryl methyl sites for hydroxylation is 6. The van der Waals surface area contributed by atoms with Crippen molar-refractivity contribution in [3.05, 3.63) is 224 Å². The molecule has 0 aromatic heterocycles. The van der Waals surface area contributed by atoms with E-state index in [2.05, 4.69) is 86.6 Å². The van der Waals surface area contributed by atoms with Gasteiger partial charge in [0.25, 0.3) is 0 Å². The Labute approximate surface area is 411 Å². The monoisotopic (exact) mass is 986 g/mol. The van der Waals surface area contributed by atoms with Crippen LogP contribution in [0.3, 0.4) is 0 Å². The zero-order chi connectivity index (χ0) is 51.2. The van der Waals surface area contributed by atoms with E-state index in [0.29, 0.717) is 21.7 Å². The summed E-state index contributed by atoms with van der Waals surface area (Å²) in [6, 6.07) is 49.0. The Morgan fingerprint density at radius 3 is 0.800 bits per heavy atom. The largest absolute Gasteiger partial charge is 0.508 e. The van der Waals surface area contributed by atoms with Crippen LogP contribution in [0.15, 0.2) is 158 Å². The van der Waals surface area contributed by atoms with Gasteiger partial charge in [0.2, 0.25) is 0 Å². The molecule has 0 aliphatic heterocycles. The SMILES string of the molecule is Cc1cc(P(c2ccc(O)cc2)c2cc(C)c(C)c(C(F)(F)F)c2)cc(C)c1C.Cc1cc(P(c2ccc(O)cc2)c2cc(C)c(C)c(C(F)(F)F)c2)cc(C)c1C.c1ccc(-c2ccccc2)cc1. The molecule has 10 heteroatoms. The molecule has 0 fully saturated rings. The Morgan fingerprint density at radius 1 is 0.300 bits per heavy atom. The minimum atomic E-state index is -4.40. The van der Waals surface area contributed by atoms with E-state index in [4.69, 9.17) is 0 Å². The maximum atomic E-state index is 13.7. The van der Waals surface area contributed by atoms with E-state index in [-0.39, 0.29) is 22.6 Å². The van der Waals surface area contributed by atoms with Crippen molar-refractivity contribution >= 4 is 47.7 Å². The van der Waals surface area contributed by atoms with Gasteiger partial charge in [0.15, 0.2) is 0 Å². The molecule has 0 bridgehead atoms. The molecule has 0 aliphatic carbocycles. The first-order chi connectivity index (χ1) is 32.9. The van der Waals surface area contributed by atoms with Crippen LogP contribution in [0.4, 0.5) is 26.3 Å². The Kier molecular flexibility index (Phi) is 16.9. The number of alkyl halides is 6. The number of aromatic hydroxyl groups is 2. The predicted molar refractivity (Wildman–Crippen MR) is 283 cm³/mol. The summed E-state index contributed by atoms with van der Waals surface area (Å²) in [6.45, 7) is 18.7. The second-order valence-electron chi connectivity index (χ2n) is 17.7. The van der Waals surface area contributed by atoms with Gasteiger partial charge in [-0.25, -0.2) is 0 Å². The minimum Gasteiger partial charge on any atom is -0.508 e. The molecule has 0 amide bonds. The summed E-state index contributed by atoms with van der Waals surface area (Å²) in [6.07, 6.45) is -8.81. The van der Waals surface area contributed by atoms with Gasteiger partial charge in [0.05, 0.1) is 11.1 Å². The van der Waals surface area contributed by atoms with Crippen LogP contribution in [0.2, 0.25) is 0 Å². The first-order valence-electron chi connectivity index (χ1n) is 22.8. The molecule has 70 heavy (non-hydrogen) atoms. The zero-order valence-electron chi connectivity index (χ0n) is 41.1. The molecule has 0 saturated carbocycles. The van der Waals surface area contributed by atoms with Crippen LogP contribution in [-0.2, 0) is 12.4 Å². The van der Waals surface area contributed by atoms with E-state index in [0.717, 1.165) is 43.5 Å². The molecule has 2 N–H and O–H groups in total. The Bertz CT molecular complexity index is 2820. The molecular weight excluding hydrogens is 929 g/mol. The number of hydrogen-bond donors (Lipinski definition) is 2. The highest BCUT2D eigenvalue weighted by Gasteiger charge is 2.35. The molecule has 0 heterocycles. The second-order valence-corrected chi connectivity index (χ2v) is 22.2. The number of phenolic OH excluding ortho intramolecular Hbond substituents is 2. The van der Waals surface area contributed by atoms with Crippen molar-refractivity contribution in [3.8, 4) is 22.6 Å². The molecule has 0 aliphatic rings. The van der Waals surface area contributed by atoms with Crippen molar-refractivity contribution in [2.75, 3.05) is 0 Å². The lowest BCUT2D eigenvalue weighted by Crippen LogP contribution is -2.24. The normalized spacial score (nSPS) is 12.3. The summed E-state index contributed by atoms with van der Waals surface area (Å²) in [5.74, 6) is 0.270. The molecule has 362 valence electrons. The number of benzene rings is 8. The molecule has 0 spiro atoms. The van der Waals surface area contributed by atoms with Crippen LogP contribution in [0, 0.1) is 69.2 Å². The van der Waals surface area contributed by atoms with Gasteiger partial charge in [0.1, 0.15) is 11.5 Å². The fourth-order valence-electron chi connectivity index (χ4n) is 8.17. The minimum absolute atomic E-state index is 0.135. The van der Waals surface area contributed by atoms with E-state index in [1.807, 2.05) is 52.0 Å². The maximum absolute atomic E-state index is 13.7. The molecule has 2 unspecified atom stereocenters. The van der Waals surface area contributed by atoms with Crippen LogP contribution in [0.5, 0.6) is 11.5 Å². The average Bonchev–Trinajstić information content (AvgIpc) is 3.31. The van der Waals surface area contributed by atoms with Crippen molar-refractivity contribution in [3.63, 3.8) is 0 Å². The maximum Gasteiger partial charge on any atom is 0.416 e. The van der Waals surface area contributed by atoms with E-state index < -0.39 is 39.3 Å². The summed E-state index contributed by atoms with van der Waals surface area (Å²) in [5, 5.41) is 24.5. The first-order valence-corrected chi connectivity index (χ1v) is 25.4. The number of hydrogen-bond acceptors (Lipinski definition) is 2. The Hall–Kier alpha value is -6.20. The highest BCUT2D eigenvalue weighted by Crippen LogP contribution is 2.41. The van der Waals surface area contributed by atoms with Crippen LogP contribution in [0.1, 0.15) is 66.8 Å². The van der Waals surface area contributed by atoms with Gasteiger partial charge in [-0.1, -0.05) is 121 Å². The third-order valence-electron chi connectivity index (χ3n) is 12.9. The Balaban J connectivity index is 0.000000186. The summed E-state index contributed by atoms with van der Waals surface area (Å²) in [5.41, 5.74) is 10.0. The fourth-order valence-corrected chi connectivity index (χ4v) is 13.3. The molecule has 0 saturated heterocycles. The molecule has 0 radical (unpaired) electrons. The number of phenols is 2. The molecule has 2 atom stereocenters. The van der Waals surface area contributed by atoms with Crippen molar-refractivity contribution < 1.29 is 36.6 Å². The highest BCUT2D eigenvalue weighted by molar-refractivity contribution is 7.80. The number of halogens is 6. The quantitative estimate of drug-likeness (QED) is 0.123. The molecule has 2 nitrogen and oxygen atoms in total. The summed E-state index contributed by atoms with van der Waals surface area (Å²) in [4.78, 5) is 0. The van der Waals surface area contributed by atoms with E-state index in [9.17, 15) is 36.6 Å². The van der Waals surface area contributed by atoms with Gasteiger partial charge in [-0.3, -0.25) is 0 Å². The van der Waals surface area contributed by atoms with Crippen molar-refractivity contribution in [2.45, 2.75) is 81.6 Å².